The minimum absolute atomic E-state index is 0.323. The van der Waals surface area contributed by atoms with E-state index < -0.39 is 0 Å². The fraction of sp³-hybridized carbons (Fsp3) is 0.647. The van der Waals surface area contributed by atoms with Gasteiger partial charge < -0.3 is 9.84 Å². The van der Waals surface area contributed by atoms with Gasteiger partial charge in [0.1, 0.15) is 0 Å². The Bertz CT molecular complexity index is 363. The molecule has 1 saturated heterocycles. The second kappa shape index (κ2) is 7.06. The van der Waals surface area contributed by atoms with Gasteiger partial charge in [-0.1, -0.05) is 38.1 Å². The Morgan fingerprint density at radius 3 is 2.37 bits per heavy atom. The second-order valence-electron chi connectivity index (χ2n) is 6.15. The Morgan fingerprint density at radius 2 is 1.79 bits per heavy atom. The zero-order valence-electron chi connectivity index (χ0n) is 12.1. The quantitative estimate of drug-likeness (QED) is 0.876. The van der Waals surface area contributed by atoms with Crippen molar-refractivity contribution in [1.82, 2.24) is 0 Å². The Hall–Kier alpha value is -0.860. The van der Waals surface area contributed by atoms with Crippen LogP contribution in [-0.4, -0.2) is 18.3 Å². The van der Waals surface area contributed by atoms with Crippen LogP contribution in [0, 0.1) is 11.8 Å². The van der Waals surface area contributed by atoms with Gasteiger partial charge in [-0.15, -0.1) is 0 Å². The molecule has 0 amide bonds. The Morgan fingerprint density at radius 1 is 1.16 bits per heavy atom. The van der Waals surface area contributed by atoms with Gasteiger partial charge in [-0.25, -0.2) is 0 Å². The maximum atomic E-state index is 10.3. The van der Waals surface area contributed by atoms with Gasteiger partial charge in [0.15, 0.2) is 0 Å². The topological polar surface area (TPSA) is 29.5 Å². The largest absolute Gasteiger partial charge is 0.388 e. The zero-order valence-corrected chi connectivity index (χ0v) is 12.1. The van der Waals surface area contributed by atoms with Crippen LogP contribution in [0.2, 0.25) is 0 Å². The van der Waals surface area contributed by atoms with Crippen molar-refractivity contribution in [2.75, 3.05) is 13.2 Å². The molecule has 1 aromatic carbocycles. The van der Waals surface area contributed by atoms with Crippen LogP contribution in [0.3, 0.4) is 0 Å². The van der Waals surface area contributed by atoms with Crippen molar-refractivity contribution in [2.24, 2.45) is 11.8 Å². The van der Waals surface area contributed by atoms with E-state index in [9.17, 15) is 5.11 Å². The van der Waals surface area contributed by atoms with Gasteiger partial charge in [0, 0.05) is 13.2 Å². The molecule has 2 rings (SSSR count). The molecule has 1 heterocycles. The fourth-order valence-electron chi connectivity index (χ4n) is 2.78. The molecule has 1 aliphatic rings. The third kappa shape index (κ3) is 4.63. The highest BCUT2D eigenvalue weighted by Gasteiger charge is 2.18. The standard InChI is InChI=1S/C17H26O2/c1-13(2)11-14-3-5-16(6-4-14)17(18)12-15-7-9-19-10-8-15/h3-6,13,15,17-18H,7-12H2,1-2H3. The van der Waals surface area contributed by atoms with Crippen LogP contribution in [0.25, 0.3) is 0 Å². The first-order chi connectivity index (χ1) is 9.15. The smallest absolute Gasteiger partial charge is 0.0792 e. The normalized spacial score (nSPS) is 18.7. The van der Waals surface area contributed by atoms with Crippen LogP contribution < -0.4 is 0 Å². The molecule has 1 unspecified atom stereocenters. The average Bonchev–Trinajstić information content (AvgIpc) is 2.40. The van der Waals surface area contributed by atoms with E-state index in [-0.39, 0.29) is 6.10 Å². The molecule has 0 bridgehead atoms. The van der Waals surface area contributed by atoms with Crippen molar-refractivity contribution in [2.45, 2.75) is 45.6 Å². The lowest BCUT2D eigenvalue weighted by atomic mass is 9.90. The van der Waals surface area contributed by atoms with E-state index in [4.69, 9.17) is 4.74 Å². The fourth-order valence-corrected chi connectivity index (χ4v) is 2.78. The lowest BCUT2D eigenvalue weighted by molar-refractivity contribution is 0.0435. The molecule has 0 aliphatic carbocycles. The Labute approximate surface area is 116 Å². The zero-order chi connectivity index (χ0) is 13.7. The van der Waals surface area contributed by atoms with Crippen molar-refractivity contribution in [3.63, 3.8) is 0 Å². The number of hydrogen-bond donors (Lipinski definition) is 1. The number of ether oxygens (including phenoxy) is 1. The monoisotopic (exact) mass is 262 g/mol. The molecule has 1 atom stereocenters. The van der Waals surface area contributed by atoms with Crippen molar-refractivity contribution in [3.05, 3.63) is 35.4 Å². The molecule has 2 heteroatoms. The summed E-state index contributed by atoms with van der Waals surface area (Å²) in [7, 11) is 0. The van der Waals surface area contributed by atoms with E-state index in [0.29, 0.717) is 11.8 Å². The molecular formula is C17H26O2. The predicted molar refractivity (Wildman–Crippen MR) is 78.1 cm³/mol. The van der Waals surface area contributed by atoms with Crippen LogP contribution in [0.5, 0.6) is 0 Å². The van der Waals surface area contributed by atoms with Crippen molar-refractivity contribution in [1.29, 1.82) is 0 Å². The summed E-state index contributed by atoms with van der Waals surface area (Å²) in [6.45, 7) is 6.16. The number of rotatable bonds is 5. The van der Waals surface area contributed by atoms with E-state index >= 15 is 0 Å². The molecule has 1 fully saturated rings. The van der Waals surface area contributed by atoms with Crippen LogP contribution in [-0.2, 0) is 11.2 Å². The SMILES string of the molecule is CC(C)Cc1ccc(C(O)CC2CCOCC2)cc1. The van der Waals surface area contributed by atoms with Gasteiger partial charge in [-0.2, -0.15) is 0 Å². The van der Waals surface area contributed by atoms with Crippen LogP contribution in [0.1, 0.15) is 50.3 Å². The summed E-state index contributed by atoms with van der Waals surface area (Å²) in [5.41, 5.74) is 2.41. The third-order valence-electron chi connectivity index (χ3n) is 3.91. The molecule has 0 spiro atoms. The maximum absolute atomic E-state index is 10.3. The summed E-state index contributed by atoms with van der Waals surface area (Å²) in [5, 5.41) is 10.3. The summed E-state index contributed by atoms with van der Waals surface area (Å²) in [6, 6.07) is 8.48. The molecule has 1 aromatic rings. The van der Waals surface area contributed by atoms with Crippen LogP contribution >= 0.6 is 0 Å². The van der Waals surface area contributed by atoms with E-state index in [1.54, 1.807) is 0 Å². The molecule has 106 valence electrons. The van der Waals surface area contributed by atoms with Crippen LogP contribution in [0.4, 0.5) is 0 Å². The van der Waals surface area contributed by atoms with E-state index in [0.717, 1.165) is 44.5 Å². The first-order valence-corrected chi connectivity index (χ1v) is 7.50. The molecule has 0 radical (unpaired) electrons. The second-order valence-corrected chi connectivity index (χ2v) is 6.15. The Balaban J connectivity index is 1.89. The summed E-state index contributed by atoms with van der Waals surface area (Å²) < 4.78 is 5.36. The average molecular weight is 262 g/mol. The molecular weight excluding hydrogens is 236 g/mol. The van der Waals surface area contributed by atoms with E-state index in [1.807, 2.05) is 0 Å². The van der Waals surface area contributed by atoms with E-state index in [1.165, 1.54) is 5.56 Å². The van der Waals surface area contributed by atoms with Crippen LogP contribution in [0.15, 0.2) is 24.3 Å². The highest BCUT2D eigenvalue weighted by molar-refractivity contribution is 5.24. The molecule has 0 aromatic heterocycles. The summed E-state index contributed by atoms with van der Waals surface area (Å²) >= 11 is 0. The molecule has 19 heavy (non-hydrogen) atoms. The predicted octanol–water partition coefficient (Wildman–Crippen LogP) is 3.74. The lowest BCUT2D eigenvalue weighted by Gasteiger charge is -2.24. The number of hydrogen-bond acceptors (Lipinski definition) is 2. The van der Waals surface area contributed by atoms with Crippen molar-refractivity contribution < 1.29 is 9.84 Å². The number of benzene rings is 1. The maximum Gasteiger partial charge on any atom is 0.0792 e. The van der Waals surface area contributed by atoms with Gasteiger partial charge in [-0.3, -0.25) is 0 Å². The molecule has 1 aliphatic heterocycles. The first kappa shape index (κ1) is 14.5. The van der Waals surface area contributed by atoms with Gasteiger partial charge in [0.2, 0.25) is 0 Å². The third-order valence-corrected chi connectivity index (χ3v) is 3.91. The number of aliphatic hydroxyl groups is 1. The molecule has 0 saturated carbocycles. The molecule has 2 nitrogen and oxygen atoms in total. The van der Waals surface area contributed by atoms with E-state index in [2.05, 4.69) is 38.1 Å². The van der Waals surface area contributed by atoms with Crippen molar-refractivity contribution >= 4 is 0 Å². The highest BCUT2D eigenvalue weighted by Crippen LogP contribution is 2.27. The van der Waals surface area contributed by atoms with Gasteiger partial charge in [0.05, 0.1) is 6.10 Å². The summed E-state index contributed by atoms with van der Waals surface area (Å²) in [5.74, 6) is 1.29. The van der Waals surface area contributed by atoms with Gasteiger partial charge >= 0.3 is 0 Å². The van der Waals surface area contributed by atoms with Gasteiger partial charge in [0.25, 0.3) is 0 Å². The van der Waals surface area contributed by atoms with Gasteiger partial charge in [-0.05, 0) is 48.6 Å². The van der Waals surface area contributed by atoms with Crippen molar-refractivity contribution in [3.8, 4) is 0 Å². The first-order valence-electron chi connectivity index (χ1n) is 7.50. The summed E-state index contributed by atoms with van der Waals surface area (Å²) in [6.07, 6.45) is 3.82. The minimum Gasteiger partial charge on any atom is -0.388 e. The molecule has 1 N–H and O–H groups in total. The number of aliphatic hydroxyl groups excluding tert-OH is 1. The summed E-state index contributed by atoms with van der Waals surface area (Å²) in [4.78, 5) is 0. The Kier molecular flexibility index (Phi) is 5.41. The minimum atomic E-state index is -0.323. The lowest BCUT2D eigenvalue weighted by Crippen LogP contribution is -2.18. The highest BCUT2D eigenvalue weighted by atomic mass is 16.5.